The van der Waals surface area contributed by atoms with Gasteiger partial charge in [0.25, 0.3) is 0 Å². The number of carbonyl (C=O) groups is 1. The molecule has 1 N–H and O–H groups in total. The van der Waals surface area contributed by atoms with Gasteiger partial charge in [0.2, 0.25) is 6.79 Å². The number of ether oxygens (including phenoxy) is 2. The second-order valence-electron chi connectivity index (χ2n) is 6.70. The molecule has 142 valence electrons. The van der Waals surface area contributed by atoms with Crippen molar-refractivity contribution < 1.29 is 18.7 Å². The minimum absolute atomic E-state index is 0.0850. The summed E-state index contributed by atoms with van der Waals surface area (Å²) in [5, 5.41) is 2.95. The van der Waals surface area contributed by atoms with E-state index in [1.807, 2.05) is 24.3 Å². The van der Waals surface area contributed by atoms with Crippen molar-refractivity contribution >= 4 is 6.03 Å². The molecule has 27 heavy (non-hydrogen) atoms. The van der Waals surface area contributed by atoms with Crippen molar-refractivity contribution in [2.24, 2.45) is 0 Å². The van der Waals surface area contributed by atoms with Gasteiger partial charge in [0.1, 0.15) is 5.82 Å². The van der Waals surface area contributed by atoms with E-state index in [4.69, 9.17) is 9.47 Å². The number of benzene rings is 2. The fourth-order valence-corrected chi connectivity index (χ4v) is 3.32. The zero-order chi connectivity index (χ0) is 18.6. The molecule has 2 heterocycles. The van der Waals surface area contributed by atoms with E-state index < -0.39 is 0 Å². The van der Waals surface area contributed by atoms with Gasteiger partial charge in [-0.1, -0.05) is 24.3 Å². The number of amides is 2. The highest BCUT2D eigenvalue weighted by Gasteiger charge is 2.22. The zero-order valence-electron chi connectivity index (χ0n) is 15.0. The normalized spacial score (nSPS) is 16.4. The number of fused-ring (bicyclic) bond motifs is 1. The molecule has 0 saturated carbocycles. The summed E-state index contributed by atoms with van der Waals surface area (Å²) in [6.07, 6.45) is 0. The molecule has 0 radical (unpaired) electrons. The summed E-state index contributed by atoms with van der Waals surface area (Å²) < 4.78 is 24.4. The maximum absolute atomic E-state index is 13.8. The lowest BCUT2D eigenvalue weighted by atomic mass is 10.2. The fourth-order valence-electron chi connectivity index (χ4n) is 3.32. The summed E-state index contributed by atoms with van der Waals surface area (Å²) in [6.45, 7) is 3.95. The van der Waals surface area contributed by atoms with Crippen molar-refractivity contribution in [3.63, 3.8) is 0 Å². The minimum Gasteiger partial charge on any atom is -0.454 e. The van der Waals surface area contributed by atoms with Gasteiger partial charge in [-0.15, -0.1) is 0 Å². The number of halogens is 1. The average Bonchev–Trinajstić information content (AvgIpc) is 3.16. The summed E-state index contributed by atoms with van der Waals surface area (Å²) in [7, 11) is 0. The van der Waals surface area contributed by atoms with Crippen molar-refractivity contribution in [3.8, 4) is 11.5 Å². The largest absolute Gasteiger partial charge is 0.454 e. The molecular weight excluding hydrogens is 349 g/mol. The molecule has 0 spiro atoms. The van der Waals surface area contributed by atoms with Gasteiger partial charge >= 0.3 is 6.03 Å². The molecular formula is C20H22FN3O3. The van der Waals surface area contributed by atoms with Crippen LogP contribution in [0, 0.1) is 5.82 Å². The summed E-state index contributed by atoms with van der Waals surface area (Å²) in [4.78, 5) is 16.4. The Morgan fingerprint density at radius 3 is 2.63 bits per heavy atom. The van der Waals surface area contributed by atoms with Gasteiger partial charge in [-0.3, -0.25) is 4.90 Å². The Kier molecular flexibility index (Phi) is 5.11. The second kappa shape index (κ2) is 7.84. The van der Waals surface area contributed by atoms with E-state index in [9.17, 15) is 9.18 Å². The Morgan fingerprint density at radius 2 is 1.81 bits per heavy atom. The van der Waals surface area contributed by atoms with E-state index in [-0.39, 0.29) is 18.6 Å². The third-order valence-electron chi connectivity index (χ3n) is 4.89. The molecule has 2 aromatic rings. The van der Waals surface area contributed by atoms with Gasteiger partial charge < -0.3 is 19.7 Å². The molecule has 2 aliphatic heterocycles. The highest BCUT2D eigenvalue weighted by molar-refractivity contribution is 5.74. The smallest absolute Gasteiger partial charge is 0.317 e. The Balaban J connectivity index is 1.24. The Hall–Kier alpha value is -2.80. The standard InChI is InChI=1S/C20H22FN3O3/c21-17-4-2-1-3-16(17)13-23-7-9-24(10-8-23)20(25)22-12-15-5-6-18-19(11-15)27-14-26-18/h1-6,11H,7-10,12-14H2,(H,22,25). The summed E-state index contributed by atoms with van der Waals surface area (Å²) in [6, 6.07) is 12.4. The predicted molar refractivity (Wildman–Crippen MR) is 98.1 cm³/mol. The number of nitrogens with zero attached hydrogens (tertiary/aromatic N) is 2. The molecule has 6 nitrogen and oxygen atoms in total. The number of urea groups is 1. The van der Waals surface area contributed by atoms with Crippen LogP contribution in [0.5, 0.6) is 11.5 Å². The quantitative estimate of drug-likeness (QED) is 0.898. The van der Waals surface area contributed by atoms with Crippen molar-refractivity contribution in [2.75, 3.05) is 33.0 Å². The fraction of sp³-hybridized carbons (Fsp3) is 0.350. The number of nitrogens with one attached hydrogen (secondary N) is 1. The van der Waals surface area contributed by atoms with E-state index in [0.717, 1.165) is 24.4 Å². The lowest BCUT2D eigenvalue weighted by Gasteiger charge is -2.34. The first kappa shape index (κ1) is 17.6. The van der Waals surface area contributed by atoms with Gasteiger partial charge in [0, 0.05) is 44.8 Å². The first-order valence-corrected chi connectivity index (χ1v) is 9.06. The van der Waals surface area contributed by atoms with Crippen LogP contribution in [0.4, 0.5) is 9.18 Å². The SMILES string of the molecule is O=C(NCc1ccc2c(c1)OCO2)N1CCN(Cc2ccccc2F)CC1. The number of carbonyl (C=O) groups excluding carboxylic acids is 1. The van der Waals surface area contributed by atoms with Crippen LogP contribution in [0.3, 0.4) is 0 Å². The van der Waals surface area contributed by atoms with Gasteiger partial charge in [0.05, 0.1) is 0 Å². The van der Waals surface area contributed by atoms with E-state index in [1.54, 1.807) is 17.0 Å². The highest BCUT2D eigenvalue weighted by Crippen LogP contribution is 2.32. The van der Waals surface area contributed by atoms with Crippen molar-refractivity contribution in [1.82, 2.24) is 15.1 Å². The molecule has 0 aromatic heterocycles. The molecule has 4 rings (SSSR count). The molecule has 2 amide bonds. The van der Waals surface area contributed by atoms with E-state index in [1.165, 1.54) is 6.07 Å². The zero-order valence-corrected chi connectivity index (χ0v) is 15.0. The number of piperazine rings is 1. The third kappa shape index (κ3) is 4.14. The first-order chi connectivity index (χ1) is 13.2. The molecule has 0 atom stereocenters. The summed E-state index contributed by atoms with van der Waals surface area (Å²) in [5.74, 6) is 1.26. The number of hydrogen-bond donors (Lipinski definition) is 1. The van der Waals surface area contributed by atoms with Crippen LogP contribution < -0.4 is 14.8 Å². The first-order valence-electron chi connectivity index (χ1n) is 9.06. The number of hydrogen-bond acceptors (Lipinski definition) is 4. The predicted octanol–water partition coefficient (Wildman–Crippen LogP) is 2.58. The molecule has 7 heteroatoms. The molecule has 0 unspecified atom stereocenters. The van der Waals surface area contributed by atoms with Crippen LogP contribution in [-0.2, 0) is 13.1 Å². The van der Waals surface area contributed by atoms with E-state index in [2.05, 4.69) is 10.2 Å². The summed E-state index contributed by atoms with van der Waals surface area (Å²) >= 11 is 0. The molecule has 0 aliphatic carbocycles. The van der Waals surface area contributed by atoms with Crippen LogP contribution in [-0.4, -0.2) is 48.8 Å². The lowest BCUT2D eigenvalue weighted by molar-refractivity contribution is 0.134. The van der Waals surface area contributed by atoms with Gasteiger partial charge in [-0.05, 0) is 23.8 Å². The van der Waals surface area contributed by atoms with Gasteiger partial charge in [0.15, 0.2) is 11.5 Å². The second-order valence-corrected chi connectivity index (χ2v) is 6.70. The summed E-state index contributed by atoms with van der Waals surface area (Å²) in [5.41, 5.74) is 1.66. The Morgan fingerprint density at radius 1 is 1.04 bits per heavy atom. The lowest BCUT2D eigenvalue weighted by Crippen LogP contribution is -2.51. The van der Waals surface area contributed by atoms with Crippen LogP contribution in [0.2, 0.25) is 0 Å². The van der Waals surface area contributed by atoms with Crippen molar-refractivity contribution in [3.05, 3.63) is 59.4 Å². The average molecular weight is 371 g/mol. The highest BCUT2D eigenvalue weighted by atomic mass is 19.1. The maximum Gasteiger partial charge on any atom is 0.317 e. The molecule has 2 aliphatic rings. The molecule has 0 bridgehead atoms. The maximum atomic E-state index is 13.8. The third-order valence-corrected chi connectivity index (χ3v) is 4.89. The molecule has 2 aromatic carbocycles. The van der Waals surface area contributed by atoms with Gasteiger partial charge in [-0.25, -0.2) is 9.18 Å². The number of rotatable bonds is 4. The van der Waals surface area contributed by atoms with Crippen LogP contribution >= 0.6 is 0 Å². The molecule has 1 fully saturated rings. The van der Waals surface area contributed by atoms with Crippen molar-refractivity contribution in [1.29, 1.82) is 0 Å². The molecule has 1 saturated heterocycles. The Bertz CT molecular complexity index is 822. The van der Waals surface area contributed by atoms with Gasteiger partial charge in [-0.2, -0.15) is 0 Å². The monoisotopic (exact) mass is 371 g/mol. The Labute approximate surface area is 157 Å². The van der Waals surface area contributed by atoms with Crippen LogP contribution in [0.15, 0.2) is 42.5 Å². The minimum atomic E-state index is -0.179. The van der Waals surface area contributed by atoms with Crippen LogP contribution in [0.25, 0.3) is 0 Å². The van der Waals surface area contributed by atoms with E-state index in [0.29, 0.717) is 37.5 Å². The van der Waals surface area contributed by atoms with Crippen molar-refractivity contribution in [2.45, 2.75) is 13.1 Å². The topological polar surface area (TPSA) is 54.0 Å². The van der Waals surface area contributed by atoms with E-state index >= 15 is 0 Å². The van der Waals surface area contributed by atoms with Crippen LogP contribution in [0.1, 0.15) is 11.1 Å².